The Hall–Kier alpha value is -2.70. The molecular weight excluding hydrogens is 264 g/mol. The second kappa shape index (κ2) is 5.12. The SMILES string of the molecule is COc1cc(OC)cc(N2CC(O)=C(C(=O)O)C2=N)c1. The first-order valence-electron chi connectivity index (χ1n) is 5.73. The maximum Gasteiger partial charge on any atom is 0.343 e. The van der Waals surface area contributed by atoms with E-state index in [1.807, 2.05) is 0 Å². The van der Waals surface area contributed by atoms with Crippen LogP contribution in [0.3, 0.4) is 0 Å². The minimum atomic E-state index is -1.33. The van der Waals surface area contributed by atoms with Crippen LogP contribution in [0.2, 0.25) is 0 Å². The number of carboxylic acids is 1. The van der Waals surface area contributed by atoms with E-state index in [0.717, 1.165) is 0 Å². The van der Waals surface area contributed by atoms with E-state index in [1.54, 1.807) is 18.2 Å². The highest BCUT2D eigenvalue weighted by Crippen LogP contribution is 2.32. The quantitative estimate of drug-likeness (QED) is 0.769. The number of carbonyl (C=O) groups is 1. The molecule has 1 heterocycles. The van der Waals surface area contributed by atoms with Crippen LogP contribution in [-0.4, -0.2) is 42.8 Å². The number of ether oxygens (including phenoxy) is 2. The number of nitrogens with zero attached hydrogens (tertiary/aromatic N) is 1. The van der Waals surface area contributed by atoms with Gasteiger partial charge < -0.3 is 24.6 Å². The van der Waals surface area contributed by atoms with Crippen LogP contribution in [0.15, 0.2) is 29.5 Å². The normalized spacial score (nSPS) is 14.7. The highest BCUT2D eigenvalue weighted by Gasteiger charge is 2.33. The lowest BCUT2D eigenvalue weighted by Crippen LogP contribution is -2.27. The Kier molecular flexibility index (Phi) is 3.51. The summed E-state index contributed by atoms with van der Waals surface area (Å²) in [4.78, 5) is 12.4. The molecule has 0 radical (unpaired) electrons. The highest BCUT2D eigenvalue weighted by atomic mass is 16.5. The molecule has 106 valence electrons. The fourth-order valence-corrected chi connectivity index (χ4v) is 1.97. The number of anilines is 1. The van der Waals surface area contributed by atoms with Crippen LogP contribution in [0.5, 0.6) is 11.5 Å². The summed E-state index contributed by atoms with van der Waals surface area (Å²) < 4.78 is 10.2. The summed E-state index contributed by atoms with van der Waals surface area (Å²) in [7, 11) is 2.98. The molecule has 0 spiro atoms. The molecule has 1 aromatic rings. The molecule has 0 aromatic heterocycles. The Morgan fingerprint density at radius 2 is 1.80 bits per heavy atom. The molecule has 1 aliphatic rings. The van der Waals surface area contributed by atoms with E-state index in [2.05, 4.69) is 0 Å². The highest BCUT2D eigenvalue weighted by molar-refractivity contribution is 6.25. The summed E-state index contributed by atoms with van der Waals surface area (Å²) in [5.74, 6) is -0.926. The van der Waals surface area contributed by atoms with Gasteiger partial charge in [-0.25, -0.2) is 4.79 Å². The van der Waals surface area contributed by atoms with Crippen molar-refractivity contribution in [3.63, 3.8) is 0 Å². The zero-order chi connectivity index (χ0) is 14.9. The number of aliphatic hydroxyl groups excluding tert-OH is 1. The van der Waals surface area contributed by atoms with E-state index in [9.17, 15) is 9.90 Å². The Balaban J connectivity index is 2.40. The van der Waals surface area contributed by atoms with Crippen LogP contribution in [0, 0.1) is 5.41 Å². The largest absolute Gasteiger partial charge is 0.509 e. The van der Waals surface area contributed by atoms with E-state index in [4.69, 9.17) is 20.0 Å². The zero-order valence-electron chi connectivity index (χ0n) is 11.0. The van der Waals surface area contributed by atoms with Gasteiger partial charge in [0.1, 0.15) is 28.7 Å². The van der Waals surface area contributed by atoms with Gasteiger partial charge in [-0.1, -0.05) is 0 Å². The van der Waals surface area contributed by atoms with Gasteiger partial charge in [0.15, 0.2) is 0 Å². The third-order valence-corrected chi connectivity index (χ3v) is 2.96. The number of hydrogen-bond acceptors (Lipinski definition) is 5. The lowest BCUT2D eigenvalue weighted by atomic mass is 10.2. The van der Waals surface area contributed by atoms with Crippen LogP contribution >= 0.6 is 0 Å². The van der Waals surface area contributed by atoms with Crippen molar-refractivity contribution in [2.45, 2.75) is 0 Å². The molecule has 0 atom stereocenters. The minimum absolute atomic E-state index is 0.0726. The first-order valence-corrected chi connectivity index (χ1v) is 5.73. The second-order valence-electron chi connectivity index (χ2n) is 4.13. The first-order chi connectivity index (χ1) is 9.47. The van der Waals surface area contributed by atoms with Gasteiger partial charge in [0.2, 0.25) is 0 Å². The van der Waals surface area contributed by atoms with Crippen LogP contribution in [0.4, 0.5) is 5.69 Å². The molecule has 0 saturated carbocycles. The van der Waals surface area contributed by atoms with Gasteiger partial charge in [0.25, 0.3) is 0 Å². The van der Waals surface area contributed by atoms with Crippen molar-refractivity contribution in [3.8, 4) is 11.5 Å². The predicted octanol–water partition coefficient (Wildman–Crippen LogP) is 1.40. The standard InChI is InChI=1S/C13H14N2O5/c1-19-8-3-7(4-9(5-8)20-2)15-6-10(16)11(12(15)14)13(17)18/h3-5,14,16H,6H2,1-2H3,(H,17,18). The van der Waals surface area contributed by atoms with Crippen molar-refractivity contribution in [3.05, 3.63) is 29.5 Å². The van der Waals surface area contributed by atoms with E-state index in [-0.39, 0.29) is 18.1 Å². The Labute approximate surface area is 115 Å². The fourth-order valence-electron chi connectivity index (χ4n) is 1.97. The summed E-state index contributed by atoms with van der Waals surface area (Å²) in [6.07, 6.45) is 0. The van der Waals surface area contributed by atoms with Crippen molar-refractivity contribution in [2.75, 3.05) is 25.7 Å². The number of methoxy groups -OCH3 is 2. The predicted molar refractivity (Wildman–Crippen MR) is 71.9 cm³/mol. The monoisotopic (exact) mass is 278 g/mol. The number of nitrogens with one attached hydrogen (secondary N) is 1. The molecular formula is C13H14N2O5. The zero-order valence-corrected chi connectivity index (χ0v) is 11.0. The average molecular weight is 278 g/mol. The second-order valence-corrected chi connectivity index (χ2v) is 4.13. The molecule has 0 unspecified atom stereocenters. The van der Waals surface area contributed by atoms with Crippen molar-refractivity contribution < 1.29 is 24.5 Å². The van der Waals surface area contributed by atoms with Crippen molar-refractivity contribution in [1.29, 1.82) is 5.41 Å². The van der Waals surface area contributed by atoms with Crippen molar-refractivity contribution >= 4 is 17.5 Å². The summed E-state index contributed by atoms with van der Waals surface area (Å²) in [6.45, 7) is -0.0726. The van der Waals surface area contributed by atoms with Gasteiger partial charge in [-0.3, -0.25) is 5.41 Å². The molecule has 0 aliphatic carbocycles. The number of hydrogen-bond donors (Lipinski definition) is 3. The maximum atomic E-state index is 11.0. The van der Waals surface area contributed by atoms with E-state index < -0.39 is 11.5 Å². The maximum absolute atomic E-state index is 11.0. The molecule has 0 fully saturated rings. The van der Waals surface area contributed by atoms with Crippen LogP contribution < -0.4 is 14.4 Å². The number of aliphatic carboxylic acids is 1. The number of rotatable bonds is 4. The molecule has 3 N–H and O–H groups in total. The molecule has 1 aromatic carbocycles. The number of carboxylic acid groups (broad SMARTS) is 1. The van der Waals surface area contributed by atoms with Crippen LogP contribution in [0.25, 0.3) is 0 Å². The van der Waals surface area contributed by atoms with Gasteiger partial charge in [-0.05, 0) is 0 Å². The average Bonchev–Trinajstić information content (AvgIpc) is 2.73. The molecule has 1 aliphatic heterocycles. The van der Waals surface area contributed by atoms with Crippen LogP contribution in [-0.2, 0) is 4.79 Å². The summed E-state index contributed by atoms with van der Waals surface area (Å²) in [6, 6.07) is 4.93. The number of amidine groups is 1. The Bertz CT molecular complexity index is 587. The molecule has 0 bridgehead atoms. The molecule has 7 heteroatoms. The van der Waals surface area contributed by atoms with Gasteiger partial charge in [-0.2, -0.15) is 0 Å². The molecule has 2 rings (SSSR count). The first kappa shape index (κ1) is 13.7. The fraction of sp³-hybridized carbons (Fsp3) is 0.231. The summed E-state index contributed by atoms with van der Waals surface area (Å²) >= 11 is 0. The van der Waals surface area contributed by atoms with Gasteiger partial charge in [0.05, 0.1) is 26.5 Å². The van der Waals surface area contributed by atoms with Gasteiger partial charge in [0, 0.05) is 18.2 Å². The van der Waals surface area contributed by atoms with Gasteiger partial charge in [-0.15, -0.1) is 0 Å². The lowest BCUT2D eigenvalue weighted by Gasteiger charge is -2.19. The molecule has 0 amide bonds. The topological polar surface area (TPSA) is 103 Å². The smallest absolute Gasteiger partial charge is 0.343 e. The summed E-state index contributed by atoms with van der Waals surface area (Å²) in [5.41, 5.74) is 0.112. The van der Waals surface area contributed by atoms with Crippen molar-refractivity contribution in [1.82, 2.24) is 0 Å². The van der Waals surface area contributed by atoms with Crippen molar-refractivity contribution in [2.24, 2.45) is 0 Å². The molecule has 0 saturated heterocycles. The number of benzene rings is 1. The Morgan fingerprint density at radius 3 is 2.20 bits per heavy atom. The number of aliphatic hydroxyl groups is 1. The van der Waals surface area contributed by atoms with E-state index in [1.165, 1.54) is 19.1 Å². The van der Waals surface area contributed by atoms with E-state index in [0.29, 0.717) is 17.2 Å². The third-order valence-electron chi connectivity index (χ3n) is 2.96. The van der Waals surface area contributed by atoms with E-state index >= 15 is 0 Å². The molecule has 20 heavy (non-hydrogen) atoms. The molecule has 7 nitrogen and oxygen atoms in total. The Morgan fingerprint density at radius 1 is 1.25 bits per heavy atom. The lowest BCUT2D eigenvalue weighted by molar-refractivity contribution is -0.132. The van der Waals surface area contributed by atoms with Crippen LogP contribution in [0.1, 0.15) is 0 Å². The minimum Gasteiger partial charge on any atom is -0.509 e. The third kappa shape index (κ3) is 2.25. The summed E-state index contributed by atoms with van der Waals surface area (Å²) in [5, 5.41) is 26.5. The van der Waals surface area contributed by atoms with Gasteiger partial charge >= 0.3 is 5.97 Å².